The number of anilines is 1. The van der Waals surface area contributed by atoms with Crippen molar-refractivity contribution in [1.82, 2.24) is 4.98 Å². The molecule has 0 saturated heterocycles. The number of rotatable bonds is 5. The van der Waals surface area contributed by atoms with Crippen molar-refractivity contribution in [3.8, 4) is 17.2 Å². The summed E-state index contributed by atoms with van der Waals surface area (Å²) in [6.45, 7) is 2.18. The van der Waals surface area contributed by atoms with Gasteiger partial charge in [0.15, 0.2) is 11.5 Å². The number of pyridine rings is 1. The standard InChI is InChI=1S/C15H17BrN2O3/c1-9-6-10(16)7-11(17)14(9)21-8-12-15(20-3)13(19-2)4-5-18-12/h4-7H,8,17H2,1-3H3. The second-order valence-corrected chi connectivity index (χ2v) is 5.34. The van der Waals surface area contributed by atoms with Gasteiger partial charge in [-0.2, -0.15) is 0 Å². The highest BCUT2D eigenvalue weighted by molar-refractivity contribution is 9.10. The third-order valence-corrected chi connectivity index (χ3v) is 3.45. The molecule has 2 N–H and O–H groups in total. The second-order valence-electron chi connectivity index (χ2n) is 4.42. The Morgan fingerprint density at radius 3 is 2.57 bits per heavy atom. The van der Waals surface area contributed by atoms with Crippen molar-refractivity contribution in [2.24, 2.45) is 0 Å². The molecule has 0 bridgehead atoms. The number of halogens is 1. The Morgan fingerprint density at radius 1 is 1.19 bits per heavy atom. The van der Waals surface area contributed by atoms with Crippen LogP contribution in [0.25, 0.3) is 0 Å². The number of benzene rings is 1. The highest BCUT2D eigenvalue weighted by Crippen LogP contribution is 2.33. The van der Waals surface area contributed by atoms with E-state index in [1.54, 1.807) is 32.5 Å². The van der Waals surface area contributed by atoms with Crippen LogP contribution in [-0.4, -0.2) is 19.2 Å². The van der Waals surface area contributed by atoms with Crippen LogP contribution in [0, 0.1) is 6.92 Å². The molecule has 2 aromatic rings. The van der Waals surface area contributed by atoms with E-state index in [-0.39, 0.29) is 6.61 Å². The minimum absolute atomic E-state index is 0.243. The zero-order chi connectivity index (χ0) is 15.4. The molecule has 21 heavy (non-hydrogen) atoms. The molecule has 5 nitrogen and oxygen atoms in total. The van der Waals surface area contributed by atoms with E-state index >= 15 is 0 Å². The van der Waals surface area contributed by atoms with Crippen LogP contribution in [-0.2, 0) is 6.61 Å². The average Bonchev–Trinajstić information content (AvgIpc) is 2.45. The van der Waals surface area contributed by atoms with Crippen LogP contribution in [0.2, 0.25) is 0 Å². The lowest BCUT2D eigenvalue weighted by Crippen LogP contribution is -2.05. The predicted octanol–water partition coefficient (Wildman–Crippen LogP) is 3.33. The topological polar surface area (TPSA) is 66.6 Å². The van der Waals surface area contributed by atoms with Crippen LogP contribution < -0.4 is 19.9 Å². The third kappa shape index (κ3) is 3.39. The van der Waals surface area contributed by atoms with Crippen LogP contribution in [0.4, 0.5) is 5.69 Å². The highest BCUT2D eigenvalue weighted by atomic mass is 79.9. The van der Waals surface area contributed by atoms with Crippen LogP contribution in [0.1, 0.15) is 11.3 Å². The number of hydrogen-bond acceptors (Lipinski definition) is 5. The fraction of sp³-hybridized carbons (Fsp3) is 0.267. The quantitative estimate of drug-likeness (QED) is 0.836. The van der Waals surface area contributed by atoms with Crippen molar-refractivity contribution < 1.29 is 14.2 Å². The Balaban J connectivity index is 2.25. The maximum atomic E-state index is 5.98. The SMILES string of the molecule is COc1ccnc(COc2c(C)cc(Br)cc2N)c1OC. The molecule has 0 aliphatic rings. The molecule has 0 radical (unpaired) electrons. The van der Waals surface area contributed by atoms with E-state index in [0.29, 0.717) is 28.6 Å². The molecule has 0 aliphatic carbocycles. The number of nitrogens with two attached hydrogens (primary N) is 1. The maximum absolute atomic E-state index is 5.98. The average molecular weight is 353 g/mol. The number of aryl methyl sites for hydroxylation is 1. The van der Waals surface area contributed by atoms with Crippen molar-refractivity contribution in [3.05, 3.63) is 40.1 Å². The molecular formula is C15H17BrN2O3. The summed E-state index contributed by atoms with van der Waals surface area (Å²) in [6.07, 6.45) is 1.65. The van der Waals surface area contributed by atoms with Gasteiger partial charge in [-0.25, -0.2) is 0 Å². The van der Waals surface area contributed by atoms with Crippen molar-refractivity contribution in [3.63, 3.8) is 0 Å². The van der Waals surface area contributed by atoms with Gasteiger partial charge in [-0.05, 0) is 24.6 Å². The normalized spacial score (nSPS) is 10.3. The first kappa shape index (κ1) is 15.4. The van der Waals surface area contributed by atoms with Gasteiger partial charge in [-0.1, -0.05) is 15.9 Å². The van der Waals surface area contributed by atoms with Gasteiger partial charge in [0.05, 0.1) is 19.9 Å². The predicted molar refractivity (Wildman–Crippen MR) is 85.0 cm³/mol. The first-order valence-corrected chi connectivity index (χ1v) is 7.10. The zero-order valence-electron chi connectivity index (χ0n) is 12.1. The van der Waals surface area contributed by atoms with Crippen molar-refractivity contribution in [2.45, 2.75) is 13.5 Å². The third-order valence-electron chi connectivity index (χ3n) is 2.99. The van der Waals surface area contributed by atoms with E-state index in [2.05, 4.69) is 20.9 Å². The van der Waals surface area contributed by atoms with Crippen molar-refractivity contribution in [1.29, 1.82) is 0 Å². The fourth-order valence-corrected chi connectivity index (χ4v) is 2.64. The molecule has 112 valence electrons. The van der Waals surface area contributed by atoms with Gasteiger partial charge >= 0.3 is 0 Å². The molecule has 0 fully saturated rings. The number of nitrogen functional groups attached to an aromatic ring is 1. The molecule has 6 heteroatoms. The Labute approximate surface area is 132 Å². The maximum Gasteiger partial charge on any atom is 0.185 e. The number of hydrogen-bond donors (Lipinski definition) is 1. The van der Waals surface area contributed by atoms with Gasteiger partial charge < -0.3 is 19.9 Å². The van der Waals surface area contributed by atoms with Gasteiger partial charge in [0.1, 0.15) is 18.1 Å². The highest BCUT2D eigenvalue weighted by Gasteiger charge is 2.13. The number of ether oxygens (including phenoxy) is 3. The Bertz CT molecular complexity index is 624. The smallest absolute Gasteiger partial charge is 0.185 e. The number of methoxy groups -OCH3 is 2. The summed E-state index contributed by atoms with van der Waals surface area (Å²) >= 11 is 3.40. The molecule has 0 atom stereocenters. The molecule has 0 amide bonds. The van der Waals surface area contributed by atoms with Gasteiger partial charge in [0.2, 0.25) is 0 Å². The molecule has 0 spiro atoms. The van der Waals surface area contributed by atoms with E-state index in [0.717, 1.165) is 10.0 Å². The van der Waals surface area contributed by atoms with Crippen LogP contribution in [0.3, 0.4) is 0 Å². The van der Waals surface area contributed by atoms with Crippen LogP contribution in [0.5, 0.6) is 17.2 Å². The van der Waals surface area contributed by atoms with E-state index < -0.39 is 0 Å². The molecule has 1 heterocycles. The van der Waals surface area contributed by atoms with E-state index in [1.165, 1.54) is 0 Å². The lowest BCUT2D eigenvalue weighted by molar-refractivity contribution is 0.284. The number of aromatic nitrogens is 1. The van der Waals surface area contributed by atoms with Crippen LogP contribution >= 0.6 is 15.9 Å². The Kier molecular flexibility index (Phi) is 4.90. The lowest BCUT2D eigenvalue weighted by atomic mass is 10.2. The first-order chi connectivity index (χ1) is 10.1. The summed E-state index contributed by atoms with van der Waals surface area (Å²) < 4.78 is 17.3. The largest absolute Gasteiger partial charge is 0.493 e. The molecular weight excluding hydrogens is 336 g/mol. The molecule has 0 aliphatic heterocycles. The second kappa shape index (κ2) is 6.67. The first-order valence-electron chi connectivity index (χ1n) is 6.31. The van der Waals surface area contributed by atoms with Gasteiger partial charge in [-0.15, -0.1) is 0 Å². The Morgan fingerprint density at radius 2 is 1.95 bits per heavy atom. The van der Waals surface area contributed by atoms with E-state index in [1.807, 2.05) is 13.0 Å². The summed E-state index contributed by atoms with van der Waals surface area (Å²) in [5.74, 6) is 1.82. The minimum Gasteiger partial charge on any atom is -0.493 e. The molecule has 1 aromatic heterocycles. The van der Waals surface area contributed by atoms with Gasteiger partial charge in [0, 0.05) is 16.7 Å². The lowest BCUT2D eigenvalue weighted by Gasteiger charge is -2.15. The molecule has 0 saturated carbocycles. The zero-order valence-corrected chi connectivity index (χ0v) is 13.7. The fourth-order valence-electron chi connectivity index (χ4n) is 2.05. The summed E-state index contributed by atoms with van der Waals surface area (Å²) in [4.78, 5) is 4.27. The van der Waals surface area contributed by atoms with Crippen molar-refractivity contribution in [2.75, 3.05) is 20.0 Å². The van der Waals surface area contributed by atoms with E-state index in [9.17, 15) is 0 Å². The van der Waals surface area contributed by atoms with Gasteiger partial charge in [-0.3, -0.25) is 4.98 Å². The molecule has 2 rings (SSSR count). The van der Waals surface area contributed by atoms with Gasteiger partial charge in [0.25, 0.3) is 0 Å². The Hall–Kier alpha value is -1.95. The van der Waals surface area contributed by atoms with Crippen LogP contribution in [0.15, 0.2) is 28.9 Å². The monoisotopic (exact) mass is 352 g/mol. The summed E-state index contributed by atoms with van der Waals surface area (Å²) in [6, 6.07) is 5.49. The van der Waals surface area contributed by atoms with E-state index in [4.69, 9.17) is 19.9 Å². The minimum atomic E-state index is 0.243. The molecule has 0 unspecified atom stereocenters. The molecule has 1 aromatic carbocycles. The number of nitrogens with zero attached hydrogens (tertiary/aromatic N) is 1. The summed E-state index contributed by atoms with van der Waals surface area (Å²) in [5, 5.41) is 0. The van der Waals surface area contributed by atoms with Crippen molar-refractivity contribution >= 4 is 21.6 Å². The summed E-state index contributed by atoms with van der Waals surface area (Å²) in [5.41, 5.74) is 8.15. The summed E-state index contributed by atoms with van der Waals surface area (Å²) in [7, 11) is 3.15.